The van der Waals surface area contributed by atoms with Crippen molar-refractivity contribution in [3.8, 4) is 0 Å². The van der Waals surface area contributed by atoms with E-state index in [2.05, 4.69) is 10.2 Å². The molecule has 2 aliphatic rings. The van der Waals surface area contributed by atoms with Crippen molar-refractivity contribution in [2.75, 3.05) is 26.2 Å². The minimum atomic E-state index is -0.0306. The summed E-state index contributed by atoms with van der Waals surface area (Å²) in [6.07, 6.45) is 2.08. The molecule has 2 saturated heterocycles. The summed E-state index contributed by atoms with van der Waals surface area (Å²) in [4.78, 5) is 13.9. The van der Waals surface area contributed by atoms with E-state index in [0.717, 1.165) is 32.5 Å². The number of carbonyl (C=O) groups is 1. The van der Waals surface area contributed by atoms with E-state index in [4.69, 9.17) is 4.74 Å². The first-order chi connectivity index (χ1) is 6.83. The van der Waals surface area contributed by atoms with Gasteiger partial charge in [0.2, 0.25) is 0 Å². The lowest BCUT2D eigenvalue weighted by Gasteiger charge is -2.33. The van der Waals surface area contributed by atoms with E-state index >= 15 is 0 Å². The second-order valence-corrected chi connectivity index (χ2v) is 3.94. The van der Waals surface area contributed by atoms with E-state index in [9.17, 15) is 4.79 Å². The number of rotatable bonds is 2. The fraction of sp³-hybridized carbons (Fsp3) is 0.900. The van der Waals surface area contributed by atoms with Gasteiger partial charge in [0, 0.05) is 25.7 Å². The Morgan fingerprint density at radius 2 is 2.43 bits per heavy atom. The normalized spacial score (nSPS) is 32.6. The maximum atomic E-state index is 11.6. The summed E-state index contributed by atoms with van der Waals surface area (Å²) in [6.45, 7) is 5.35. The number of hydrogen-bond acceptors (Lipinski definition) is 4. The average Bonchev–Trinajstić information content (AvgIpc) is 2.61. The van der Waals surface area contributed by atoms with Gasteiger partial charge in [-0.1, -0.05) is 0 Å². The third-order valence-electron chi connectivity index (χ3n) is 3.13. The summed E-state index contributed by atoms with van der Waals surface area (Å²) in [6, 6.07) is 0.584. The summed E-state index contributed by atoms with van der Waals surface area (Å²) in [5.74, 6) is -0.0306. The van der Waals surface area contributed by atoms with Gasteiger partial charge in [0.05, 0.1) is 6.61 Å². The van der Waals surface area contributed by atoms with Crippen LogP contribution in [0.2, 0.25) is 0 Å². The Kier molecular flexibility index (Phi) is 3.03. The van der Waals surface area contributed by atoms with Crippen LogP contribution < -0.4 is 5.32 Å². The molecule has 2 fully saturated rings. The van der Waals surface area contributed by atoms with Crippen molar-refractivity contribution < 1.29 is 9.53 Å². The van der Waals surface area contributed by atoms with Crippen molar-refractivity contribution >= 4 is 5.97 Å². The SMILES string of the molecule is CCOC(=O)C1CCC2CNCCN21. The molecule has 0 bridgehead atoms. The molecule has 4 heteroatoms. The van der Waals surface area contributed by atoms with E-state index in [1.807, 2.05) is 6.92 Å². The van der Waals surface area contributed by atoms with E-state index in [0.29, 0.717) is 12.6 Å². The third kappa shape index (κ3) is 1.77. The van der Waals surface area contributed by atoms with Crippen molar-refractivity contribution in [2.45, 2.75) is 31.8 Å². The predicted octanol–water partition coefficient (Wildman–Crippen LogP) is -0.0143. The molecule has 0 spiro atoms. The summed E-state index contributed by atoms with van der Waals surface area (Å²) < 4.78 is 5.07. The summed E-state index contributed by atoms with van der Waals surface area (Å²) >= 11 is 0. The smallest absolute Gasteiger partial charge is 0.323 e. The largest absolute Gasteiger partial charge is 0.465 e. The number of hydrogen-bond donors (Lipinski definition) is 1. The Bertz CT molecular complexity index is 220. The summed E-state index contributed by atoms with van der Waals surface area (Å²) in [5, 5.41) is 3.35. The molecule has 2 rings (SSSR count). The standard InChI is InChI=1S/C10H18N2O2/c1-2-14-10(13)9-4-3-8-7-11-5-6-12(8)9/h8-9,11H,2-7H2,1H3. The highest BCUT2D eigenvalue weighted by atomic mass is 16.5. The monoisotopic (exact) mass is 198 g/mol. The number of esters is 1. The molecule has 80 valence electrons. The van der Waals surface area contributed by atoms with Crippen LogP contribution in [0, 0.1) is 0 Å². The lowest BCUT2D eigenvalue weighted by atomic mass is 10.2. The molecular weight excluding hydrogens is 180 g/mol. The molecule has 1 N–H and O–H groups in total. The Hall–Kier alpha value is -0.610. The lowest BCUT2D eigenvalue weighted by Crippen LogP contribution is -2.52. The Morgan fingerprint density at radius 3 is 3.21 bits per heavy atom. The number of nitrogens with zero attached hydrogens (tertiary/aromatic N) is 1. The number of fused-ring (bicyclic) bond motifs is 1. The van der Waals surface area contributed by atoms with Gasteiger partial charge >= 0.3 is 5.97 Å². The minimum Gasteiger partial charge on any atom is -0.465 e. The number of nitrogens with one attached hydrogen (secondary N) is 1. The van der Waals surface area contributed by atoms with Crippen LogP contribution in [0.1, 0.15) is 19.8 Å². The molecule has 0 saturated carbocycles. The fourth-order valence-electron chi connectivity index (χ4n) is 2.46. The molecule has 0 radical (unpaired) electrons. The maximum absolute atomic E-state index is 11.6. The van der Waals surface area contributed by atoms with Crippen LogP contribution in [0.4, 0.5) is 0 Å². The topological polar surface area (TPSA) is 41.6 Å². The van der Waals surface area contributed by atoms with Crippen LogP contribution in [0.3, 0.4) is 0 Å². The van der Waals surface area contributed by atoms with Gasteiger partial charge in [-0.15, -0.1) is 0 Å². The van der Waals surface area contributed by atoms with Crippen molar-refractivity contribution in [1.82, 2.24) is 10.2 Å². The van der Waals surface area contributed by atoms with Crippen LogP contribution in [0.25, 0.3) is 0 Å². The summed E-state index contributed by atoms with van der Waals surface area (Å²) in [7, 11) is 0. The van der Waals surface area contributed by atoms with Crippen molar-refractivity contribution in [3.05, 3.63) is 0 Å². The highest BCUT2D eigenvalue weighted by Gasteiger charge is 2.39. The van der Waals surface area contributed by atoms with Gasteiger partial charge in [0.15, 0.2) is 0 Å². The zero-order chi connectivity index (χ0) is 9.97. The molecule has 0 amide bonds. The number of carbonyl (C=O) groups excluding carboxylic acids is 1. The first-order valence-corrected chi connectivity index (χ1v) is 5.46. The summed E-state index contributed by atoms with van der Waals surface area (Å²) in [5.41, 5.74) is 0. The van der Waals surface area contributed by atoms with Gasteiger partial charge in [-0.25, -0.2) is 0 Å². The second-order valence-electron chi connectivity index (χ2n) is 3.94. The van der Waals surface area contributed by atoms with Crippen LogP contribution in [-0.4, -0.2) is 49.2 Å². The van der Waals surface area contributed by atoms with E-state index in [1.54, 1.807) is 0 Å². The molecule has 14 heavy (non-hydrogen) atoms. The molecule has 2 aliphatic heterocycles. The van der Waals surface area contributed by atoms with E-state index in [-0.39, 0.29) is 12.0 Å². The fourth-order valence-corrected chi connectivity index (χ4v) is 2.46. The predicted molar refractivity (Wildman–Crippen MR) is 53.0 cm³/mol. The van der Waals surface area contributed by atoms with Gasteiger partial charge in [0.25, 0.3) is 0 Å². The minimum absolute atomic E-state index is 0.0297. The first kappa shape index (κ1) is 9.93. The Morgan fingerprint density at radius 1 is 1.57 bits per heavy atom. The molecule has 0 aromatic carbocycles. The molecule has 0 aromatic rings. The van der Waals surface area contributed by atoms with Gasteiger partial charge in [-0.3, -0.25) is 9.69 Å². The molecule has 2 atom stereocenters. The quantitative estimate of drug-likeness (QED) is 0.633. The average molecular weight is 198 g/mol. The van der Waals surface area contributed by atoms with E-state index < -0.39 is 0 Å². The third-order valence-corrected chi connectivity index (χ3v) is 3.13. The molecule has 2 unspecified atom stereocenters. The zero-order valence-corrected chi connectivity index (χ0v) is 8.66. The van der Waals surface area contributed by atoms with Crippen molar-refractivity contribution in [1.29, 1.82) is 0 Å². The van der Waals surface area contributed by atoms with E-state index in [1.165, 1.54) is 0 Å². The highest BCUT2D eigenvalue weighted by Crippen LogP contribution is 2.25. The van der Waals surface area contributed by atoms with Gasteiger partial charge in [-0.05, 0) is 19.8 Å². The number of ether oxygens (including phenoxy) is 1. The van der Waals surface area contributed by atoms with Crippen LogP contribution in [0.15, 0.2) is 0 Å². The van der Waals surface area contributed by atoms with Gasteiger partial charge in [-0.2, -0.15) is 0 Å². The molecule has 4 nitrogen and oxygen atoms in total. The van der Waals surface area contributed by atoms with Crippen molar-refractivity contribution in [2.24, 2.45) is 0 Å². The van der Waals surface area contributed by atoms with Crippen LogP contribution >= 0.6 is 0 Å². The van der Waals surface area contributed by atoms with Crippen LogP contribution in [-0.2, 0) is 9.53 Å². The molecule has 0 aromatic heterocycles. The van der Waals surface area contributed by atoms with Gasteiger partial charge in [0.1, 0.15) is 6.04 Å². The maximum Gasteiger partial charge on any atom is 0.323 e. The number of piperazine rings is 1. The Labute approximate surface area is 84.6 Å². The van der Waals surface area contributed by atoms with Gasteiger partial charge < -0.3 is 10.1 Å². The molecular formula is C10H18N2O2. The molecule has 2 heterocycles. The van der Waals surface area contributed by atoms with Crippen LogP contribution in [0.5, 0.6) is 0 Å². The highest BCUT2D eigenvalue weighted by molar-refractivity contribution is 5.76. The van der Waals surface area contributed by atoms with Crippen molar-refractivity contribution in [3.63, 3.8) is 0 Å². The Balaban J connectivity index is 1.96. The molecule has 0 aliphatic carbocycles. The second kappa shape index (κ2) is 4.28. The zero-order valence-electron chi connectivity index (χ0n) is 8.66. The lowest BCUT2D eigenvalue weighted by molar-refractivity contribution is -0.149. The first-order valence-electron chi connectivity index (χ1n) is 5.46.